The number of ether oxygens (including phenoxy) is 1. The van der Waals surface area contributed by atoms with Crippen LogP contribution < -0.4 is 20.5 Å². The molecular weight excluding hydrogens is 354 g/mol. The molecule has 0 aliphatic heterocycles. The molecular formula is C15H26ClN3O4S. The Bertz CT molecular complexity index is 679. The quantitative estimate of drug-likeness (QED) is 0.657. The average Bonchev–Trinajstić information content (AvgIpc) is 2.53. The normalized spacial score (nSPS) is 13.8. The Kier molecular flexibility index (Phi) is 8.17. The lowest BCUT2D eigenvalue weighted by atomic mass is 9.88. The van der Waals surface area contributed by atoms with E-state index in [1.807, 2.05) is 20.8 Å². The fourth-order valence-corrected chi connectivity index (χ4v) is 2.82. The van der Waals surface area contributed by atoms with Crippen molar-refractivity contribution in [2.24, 2.45) is 11.7 Å². The first kappa shape index (κ1) is 22.6. The molecule has 4 N–H and O–H groups in total. The molecule has 1 unspecified atom stereocenters. The standard InChI is InChI=1S/C15H25N3O4S.ClH/c1-10(2)15(3,9-16)18-14(19)11-6-7-12(22-5)13(8-11)23(20,21)17-4;/h6-8,10,17H,9,16H2,1-5H3,(H,18,19);1H. The monoisotopic (exact) mass is 379 g/mol. The van der Waals surface area contributed by atoms with E-state index in [-0.39, 0.29) is 47.0 Å². The lowest BCUT2D eigenvalue weighted by Crippen LogP contribution is -2.55. The minimum atomic E-state index is -3.74. The van der Waals surface area contributed by atoms with Crippen molar-refractivity contribution < 1.29 is 17.9 Å². The summed E-state index contributed by atoms with van der Waals surface area (Å²) in [5, 5.41) is 2.87. The Morgan fingerprint density at radius 1 is 1.38 bits per heavy atom. The number of rotatable bonds is 7. The Balaban J connectivity index is 0.00000529. The molecule has 9 heteroatoms. The molecule has 1 rings (SSSR count). The second kappa shape index (κ2) is 8.66. The third-order valence-corrected chi connectivity index (χ3v) is 5.52. The van der Waals surface area contributed by atoms with E-state index in [0.717, 1.165) is 0 Å². The van der Waals surface area contributed by atoms with E-state index in [1.165, 1.54) is 32.4 Å². The number of nitrogens with one attached hydrogen (secondary N) is 2. The zero-order valence-electron chi connectivity index (χ0n) is 14.5. The summed E-state index contributed by atoms with van der Waals surface area (Å²) in [6, 6.07) is 4.26. The van der Waals surface area contributed by atoms with Crippen LogP contribution in [0, 0.1) is 5.92 Å². The first-order valence-corrected chi connectivity index (χ1v) is 8.73. The van der Waals surface area contributed by atoms with Gasteiger partial charge >= 0.3 is 0 Å². The Hall–Kier alpha value is -1.35. The van der Waals surface area contributed by atoms with Gasteiger partial charge < -0.3 is 15.8 Å². The maximum absolute atomic E-state index is 12.5. The Morgan fingerprint density at radius 3 is 2.38 bits per heavy atom. The number of hydrogen-bond donors (Lipinski definition) is 3. The SMILES string of the molecule is CNS(=O)(=O)c1cc(C(=O)NC(C)(CN)C(C)C)ccc1OC.Cl. The van der Waals surface area contributed by atoms with E-state index in [4.69, 9.17) is 10.5 Å². The lowest BCUT2D eigenvalue weighted by molar-refractivity contribution is 0.0883. The highest BCUT2D eigenvalue weighted by Crippen LogP contribution is 2.25. The van der Waals surface area contributed by atoms with Gasteiger partial charge in [-0.25, -0.2) is 13.1 Å². The van der Waals surface area contributed by atoms with Crippen molar-refractivity contribution in [3.63, 3.8) is 0 Å². The van der Waals surface area contributed by atoms with Gasteiger partial charge in [0.15, 0.2) is 0 Å². The van der Waals surface area contributed by atoms with Gasteiger partial charge in [0, 0.05) is 12.1 Å². The highest BCUT2D eigenvalue weighted by Gasteiger charge is 2.29. The van der Waals surface area contributed by atoms with E-state index >= 15 is 0 Å². The molecule has 0 saturated heterocycles. The maximum Gasteiger partial charge on any atom is 0.251 e. The van der Waals surface area contributed by atoms with E-state index < -0.39 is 15.6 Å². The summed E-state index contributed by atoms with van der Waals surface area (Å²) >= 11 is 0. The molecule has 7 nitrogen and oxygen atoms in total. The zero-order valence-corrected chi connectivity index (χ0v) is 16.2. The predicted octanol–water partition coefficient (Wildman–Crippen LogP) is 1.13. The van der Waals surface area contributed by atoms with Crippen LogP contribution in [0.25, 0.3) is 0 Å². The minimum absolute atomic E-state index is 0. The molecule has 1 atom stereocenters. The van der Waals surface area contributed by atoms with Crippen LogP contribution in [-0.4, -0.2) is 40.6 Å². The summed E-state index contributed by atoms with van der Waals surface area (Å²) in [5.41, 5.74) is 5.40. The van der Waals surface area contributed by atoms with Crippen molar-refractivity contribution >= 4 is 28.3 Å². The van der Waals surface area contributed by atoms with Gasteiger partial charge in [0.05, 0.1) is 12.6 Å². The number of benzene rings is 1. The maximum atomic E-state index is 12.5. The van der Waals surface area contributed by atoms with Crippen molar-refractivity contribution in [3.05, 3.63) is 23.8 Å². The second-order valence-corrected chi connectivity index (χ2v) is 7.66. The molecule has 1 aromatic carbocycles. The van der Waals surface area contributed by atoms with E-state index in [1.54, 1.807) is 0 Å². The van der Waals surface area contributed by atoms with Crippen LogP contribution in [0.2, 0.25) is 0 Å². The van der Waals surface area contributed by atoms with Crippen LogP contribution in [0.1, 0.15) is 31.1 Å². The van der Waals surface area contributed by atoms with Gasteiger partial charge in [0.2, 0.25) is 10.0 Å². The molecule has 0 saturated carbocycles. The van der Waals surface area contributed by atoms with Gasteiger partial charge in [0.25, 0.3) is 5.91 Å². The van der Waals surface area contributed by atoms with Crippen LogP contribution in [0.4, 0.5) is 0 Å². The Morgan fingerprint density at radius 2 is 1.96 bits per heavy atom. The lowest BCUT2D eigenvalue weighted by Gasteiger charge is -2.33. The zero-order chi connectivity index (χ0) is 17.8. The van der Waals surface area contributed by atoms with Gasteiger partial charge in [-0.05, 0) is 38.1 Å². The molecule has 0 fully saturated rings. The minimum Gasteiger partial charge on any atom is -0.495 e. The topological polar surface area (TPSA) is 111 Å². The van der Waals surface area contributed by atoms with Crippen molar-refractivity contribution in [1.29, 1.82) is 0 Å². The molecule has 0 aliphatic carbocycles. The van der Waals surface area contributed by atoms with Crippen LogP contribution in [0.3, 0.4) is 0 Å². The first-order valence-electron chi connectivity index (χ1n) is 7.25. The fourth-order valence-electron chi connectivity index (χ4n) is 1.90. The molecule has 24 heavy (non-hydrogen) atoms. The number of sulfonamides is 1. The summed E-state index contributed by atoms with van der Waals surface area (Å²) in [6.45, 7) is 6.04. The average molecular weight is 380 g/mol. The van der Waals surface area contributed by atoms with Gasteiger partial charge in [-0.15, -0.1) is 12.4 Å². The van der Waals surface area contributed by atoms with Gasteiger partial charge in [0.1, 0.15) is 10.6 Å². The van der Waals surface area contributed by atoms with E-state index in [0.29, 0.717) is 0 Å². The Labute approximate surface area is 149 Å². The summed E-state index contributed by atoms with van der Waals surface area (Å²) in [5.74, 6) is -0.0987. The fraction of sp³-hybridized carbons (Fsp3) is 0.533. The molecule has 138 valence electrons. The third kappa shape index (κ3) is 4.83. The van der Waals surface area contributed by atoms with Crippen LogP contribution in [-0.2, 0) is 10.0 Å². The molecule has 1 aromatic rings. The van der Waals surface area contributed by atoms with Crippen molar-refractivity contribution in [3.8, 4) is 5.75 Å². The van der Waals surface area contributed by atoms with Crippen LogP contribution >= 0.6 is 12.4 Å². The number of amides is 1. The third-order valence-electron chi connectivity index (χ3n) is 4.08. The van der Waals surface area contributed by atoms with Crippen LogP contribution in [0.15, 0.2) is 23.1 Å². The van der Waals surface area contributed by atoms with Crippen molar-refractivity contribution in [2.45, 2.75) is 31.2 Å². The first-order chi connectivity index (χ1) is 10.6. The smallest absolute Gasteiger partial charge is 0.251 e. The van der Waals surface area contributed by atoms with Gasteiger partial charge in [-0.2, -0.15) is 0 Å². The van der Waals surface area contributed by atoms with Crippen LogP contribution in [0.5, 0.6) is 5.75 Å². The summed E-state index contributed by atoms with van der Waals surface area (Å²) in [6.07, 6.45) is 0. The second-order valence-electron chi connectivity index (χ2n) is 5.80. The van der Waals surface area contributed by atoms with E-state index in [9.17, 15) is 13.2 Å². The van der Waals surface area contributed by atoms with Gasteiger partial charge in [-0.1, -0.05) is 13.8 Å². The molecule has 0 radical (unpaired) electrons. The molecule has 1 amide bonds. The largest absolute Gasteiger partial charge is 0.495 e. The predicted molar refractivity (Wildman–Crippen MR) is 96.3 cm³/mol. The molecule has 0 aliphatic rings. The summed E-state index contributed by atoms with van der Waals surface area (Å²) in [4.78, 5) is 12.4. The highest BCUT2D eigenvalue weighted by molar-refractivity contribution is 7.89. The number of halogens is 1. The highest BCUT2D eigenvalue weighted by atomic mass is 35.5. The molecule has 0 bridgehead atoms. The summed E-state index contributed by atoms with van der Waals surface area (Å²) < 4.78 is 31.4. The number of methoxy groups -OCH3 is 1. The molecule has 0 aromatic heterocycles. The number of carbonyl (C=O) groups is 1. The summed E-state index contributed by atoms with van der Waals surface area (Å²) in [7, 11) is -1.08. The number of hydrogen-bond acceptors (Lipinski definition) is 5. The van der Waals surface area contributed by atoms with Crippen molar-refractivity contribution in [1.82, 2.24) is 10.0 Å². The number of carbonyl (C=O) groups excluding carboxylic acids is 1. The van der Waals surface area contributed by atoms with Gasteiger partial charge in [-0.3, -0.25) is 4.79 Å². The molecule has 0 heterocycles. The number of nitrogens with two attached hydrogens (primary N) is 1. The van der Waals surface area contributed by atoms with E-state index in [2.05, 4.69) is 10.0 Å². The van der Waals surface area contributed by atoms with Crippen molar-refractivity contribution in [2.75, 3.05) is 20.7 Å². The molecule has 0 spiro atoms.